The van der Waals surface area contributed by atoms with E-state index in [1.54, 1.807) is 11.4 Å². The van der Waals surface area contributed by atoms with Crippen LogP contribution in [0.4, 0.5) is 9.39 Å². The summed E-state index contributed by atoms with van der Waals surface area (Å²) in [5, 5.41) is 16.5. The molecule has 0 bridgehead atoms. The Bertz CT molecular complexity index is 1410. The summed E-state index contributed by atoms with van der Waals surface area (Å²) in [4.78, 5) is 24.9. The molecule has 2 N–H and O–H groups in total. The van der Waals surface area contributed by atoms with Gasteiger partial charge in [-0.05, 0) is 41.5 Å². The Morgan fingerprint density at radius 2 is 1.89 bits per heavy atom. The zero-order valence-corrected chi connectivity index (χ0v) is 20.7. The smallest absolute Gasteiger partial charge is 0.252 e. The number of methoxy groups -OCH3 is 1. The molecule has 1 heterocycles. The SMILES string of the molecule is CCS(=O)(=O)c1ccc([C@@H](NC(C)=O)C(=O)Nc2cc(-c3cc(C#N)cc(F)c3OC)cs2)cc1. The number of nitrogens with zero attached hydrogens (tertiary/aromatic N) is 1. The van der Waals surface area contributed by atoms with Crippen LogP contribution in [0.1, 0.15) is 31.0 Å². The van der Waals surface area contributed by atoms with E-state index in [0.717, 1.165) is 6.07 Å². The molecule has 0 aliphatic carbocycles. The molecular weight excluding hydrogens is 493 g/mol. The normalized spacial score (nSPS) is 11.9. The fraction of sp³-hybridized carbons (Fsp3) is 0.208. The van der Waals surface area contributed by atoms with Crippen molar-refractivity contribution in [3.63, 3.8) is 0 Å². The summed E-state index contributed by atoms with van der Waals surface area (Å²) in [6.07, 6.45) is 0. The summed E-state index contributed by atoms with van der Waals surface area (Å²) in [7, 11) is -2.10. The van der Waals surface area contributed by atoms with Crippen LogP contribution < -0.4 is 15.4 Å². The van der Waals surface area contributed by atoms with Crippen LogP contribution in [-0.4, -0.2) is 33.1 Å². The van der Waals surface area contributed by atoms with Gasteiger partial charge in [-0.1, -0.05) is 19.1 Å². The summed E-state index contributed by atoms with van der Waals surface area (Å²) < 4.78 is 43.6. The number of nitriles is 1. The standard InChI is InChI=1S/C24H22FN3O5S2/c1-4-35(31,32)18-7-5-16(6-8-18)22(27-14(2)29)24(30)28-21-11-17(13-34-21)19-9-15(12-26)10-20(25)23(19)33-3/h5-11,13,22H,4H2,1-3H3,(H,27,29)(H,28,30)/t22-/m1/s1. The summed E-state index contributed by atoms with van der Waals surface area (Å²) in [5.41, 5.74) is 1.40. The Hall–Kier alpha value is -3.75. The third-order valence-corrected chi connectivity index (χ3v) is 7.69. The Morgan fingerprint density at radius 3 is 2.46 bits per heavy atom. The number of halogens is 1. The van der Waals surface area contributed by atoms with Crippen LogP contribution in [0.3, 0.4) is 0 Å². The minimum absolute atomic E-state index is 0.0297. The summed E-state index contributed by atoms with van der Waals surface area (Å²) in [6, 6.07) is 10.7. The number of hydrogen-bond acceptors (Lipinski definition) is 7. The van der Waals surface area contributed by atoms with Gasteiger partial charge in [-0.3, -0.25) is 9.59 Å². The second kappa shape index (κ2) is 10.7. The maximum absolute atomic E-state index is 14.3. The minimum Gasteiger partial charge on any atom is -0.493 e. The molecule has 0 aliphatic rings. The molecule has 2 aromatic carbocycles. The van der Waals surface area contributed by atoms with Gasteiger partial charge < -0.3 is 15.4 Å². The van der Waals surface area contributed by atoms with Crippen LogP contribution in [0.2, 0.25) is 0 Å². The number of anilines is 1. The highest BCUT2D eigenvalue weighted by Gasteiger charge is 2.24. The van der Waals surface area contributed by atoms with Gasteiger partial charge in [0.05, 0.1) is 34.4 Å². The molecule has 11 heteroatoms. The highest BCUT2D eigenvalue weighted by Crippen LogP contribution is 2.37. The molecule has 0 unspecified atom stereocenters. The van der Waals surface area contributed by atoms with Gasteiger partial charge in [0.1, 0.15) is 6.04 Å². The van der Waals surface area contributed by atoms with Crippen LogP contribution in [0, 0.1) is 17.1 Å². The van der Waals surface area contributed by atoms with Crippen molar-refractivity contribution in [1.29, 1.82) is 5.26 Å². The number of sulfone groups is 1. The number of carbonyl (C=O) groups excluding carboxylic acids is 2. The van der Waals surface area contributed by atoms with Crippen LogP contribution >= 0.6 is 11.3 Å². The molecule has 1 aromatic heterocycles. The number of ether oxygens (including phenoxy) is 1. The first-order chi connectivity index (χ1) is 16.6. The average Bonchev–Trinajstić information content (AvgIpc) is 3.30. The van der Waals surface area contributed by atoms with Crippen molar-refractivity contribution in [2.45, 2.75) is 24.8 Å². The first kappa shape index (κ1) is 25.9. The van der Waals surface area contributed by atoms with Crippen LogP contribution in [0.15, 0.2) is 52.7 Å². The van der Waals surface area contributed by atoms with Crippen LogP contribution in [-0.2, 0) is 19.4 Å². The quantitative estimate of drug-likeness (QED) is 0.466. The van der Waals surface area contributed by atoms with E-state index in [0.29, 0.717) is 21.7 Å². The van der Waals surface area contributed by atoms with Gasteiger partial charge in [-0.25, -0.2) is 12.8 Å². The summed E-state index contributed by atoms with van der Waals surface area (Å²) in [5.74, 6) is -1.77. The number of amides is 2. The molecule has 1 atom stereocenters. The zero-order chi connectivity index (χ0) is 25.8. The number of nitrogens with one attached hydrogen (secondary N) is 2. The summed E-state index contributed by atoms with van der Waals surface area (Å²) in [6.45, 7) is 2.80. The largest absolute Gasteiger partial charge is 0.493 e. The van der Waals surface area contributed by atoms with E-state index in [1.807, 2.05) is 6.07 Å². The van der Waals surface area contributed by atoms with Crippen molar-refractivity contribution >= 4 is 38.0 Å². The van der Waals surface area contributed by atoms with E-state index in [2.05, 4.69) is 10.6 Å². The molecule has 3 aromatic rings. The van der Waals surface area contributed by atoms with Gasteiger partial charge in [0.25, 0.3) is 5.91 Å². The number of benzene rings is 2. The fourth-order valence-electron chi connectivity index (χ4n) is 3.35. The Labute approximate surface area is 206 Å². The maximum Gasteiger partial charge on any atom is 0.252 e. The Morgan fingerprint density at radius 1 is 1.20 bits per heavy atom. The van der Waals surface area contributed by atoms with E-state index in [1.165, 1.54) is 62.6 Å². The molecule has 0 spiro atoms. The lowest BCUT2D eigenvalue weighted by atomic mass is 10.0. The van der Waals surface area contributed by atoms with Crippen molar-refractivity contribution in [1.82, 2.24) is 5.32 Å². The zero-order valence-electron chi connectivity index (χ0n) is 19.1. The molecule has 0 saturated heterocycles. The molecule has 35 heavy (non-hydrogen) atoms. The highest BCUT2D eigenvalue weighted by atomic mass is 32.2. The van der Waals surface area contributed by atoms with Crippen molar-refractivity contribution in [2.24, 2.45) is 0 Å². The fourth-order valence-corrected chi connectivity index (χ4v) is 5.04. The minimum atomic E-state index is -3.41. The molecule has 3 rings (SSSR count). The molecular formula is C24H22FN3O5S2. The lowest BCUT2D eigenvalue weighted by Gasteiger charge is -2.18. The lowest BCUT2D eigenvalue weighted by molar-refractivity contribution is -0.125. The van der Waals surface area contributed by atoms with Gasteiger partial charge in [0.2, 0.25) is 5.91 Å². The predicted molar refractivity (Wildman–Crippen MR) is 130 cm³/mol. The monoisotopic (exact) mass is 515 g/mol. The van der Waals surface area contributed by atoms with Crippen LogP contribution in [0.25, 0.3) is 11.1 Å². The molecule has 0 radical (unpaired) electrons. The van der Waals surface area contributed by atoms with Gasteiger partial charge in [0, 0.05) is 17.9 Å². The lowest BCUT2D eigenvalue weighted by Crippen LogP contribution is -2.35. The van der Waals surface area contributed by atoms with Crippen molar-refractivity contribution in [3.05, 3.63) is 64.8 Å². The molecule has 182 valence electrons. The summed E-state index contributed by atoms with van der Waals surface area (Å²) >= 11 is 1.17. The van der Waals surface area contributed by atoms with Gasteiger partial charge in [-0.15, -0.1) is 11.3 Å². The van der Waals surface area contributed by atoms with E-state index in [-0.39, 0.29) is 22.0 Å². The van der Waals surface area contributed by atoms with E-state index in [9.17, 15) is 22.4 Å². The van der Waals surface area contributed by atoms with Crippen molar-refractivity contribution in [2.75, 3.05) is 18.2 Å². The van der Waals surface area contributed by atoms with Crippen molar-refractivity contribution in [3.8, 4) is 22.9 Å². The molecule has 8 nitrogen and oxygen atoms in total. The second-order valence-corrected chi connectivity index (χ2v) is 10.6. The van der Waals surface area contributed by atoms with Gasteiger partial charge >= 0.3 is 0 Å². The van der Waals surface area contributed by atoms with Crippen LogP contribution in [0.5, 0.6) is 5.75 Å². The molecule has 0 fully saturated rings. The van der Waals surface area contributed by atoms with E-state index >= 15 is 0 Å². The molecule has 0 aliphatic heterocycles. The third-order valence-electron chi connectivity index (χ3n) is 5.10. The first-order valence-electron chi connectivity index (χ1n) is 10.4. The first-order valence-corrected chi connectivity index (χ1v) is 12.9. The predicted octanol–water partition coefficient (Wildman–Crippen LogP) is 4.04. The third kappa shape index (κ3) is 5.85. The Kier molecular flexibility index (Phi) is 7.89. The number of hydrogen-bond donors (Lipinski definition) is 2. The molecule has 2 amide bonds. The van der Waals surface area contributed by atoms with E-state index < -0.39 is 33.5 Å². The number of thiophene rings is 1. The maximum atomic E-state index is 14.3. The van der Waals surface area contributed by atoms with Gasteiger partial charge in [0.15, 0.2) is 21.4 Å². The number of rotatable bonds is 8. The molecule has 0 saturated carbocycles. The highest BCUT2D eigenvalue weighted by molar-refractivity contribution is 7.91. The average molecular weight is 516 g/mol. The second-order valence-electron chi connectivity index (χ2n) is 7.45. The Balaban J connectivity index is 1.89. The van der Waals surface area contributed by atoms with E-state index in [4.69, 9.17) is 10.00 Å². The van der Waals surface area contributed by atoms with Gasteiger partial charge in [-0.2, -0.15) is 5.26 Å². The van der Waals surface area contributed by atoms with Crippen molar-refractivity contribution < 1.29 is 27.1 Å². The number of carbonyl (C=O) groups is 2. The topological polar surface area (TPSA) is 125 Å².